The predicted octanol–water partition coefficient (Wildman–Crippen LogP) is 6.76. The van der Waals surface area contributed by atoms with Gasteiger partial charge in [0.25, 0.3) is 5.69 Å². The molecule has 0 spiro atoms. The molecule has 6 nitrogen and oxygen atoms in total. The number of nitro groups is 1. The Bertz CT molecular complexity index is 1320. The lowest BCUT2D eigenvalue weighted by molar-refractivity contribution is -0.384. The molecular weight excluding hydrogens is 456 g/mol. The SMILES string of the molecule is CCN(CC)CCCn1c(-c2ccc(-c3ccccc3)cc2)csc1=Nc1ccccc1[N+](=O)[O-]. The highest BCUT2D eigenvalue weighted by molar-refractivity contribution is 7.07. The number of hydrogen-bond acceptors (Lipinski definition) is 5. The van der Waals surface area contributed by atoms with Crippen LogP contribution in [0.1, 0.15) is 20.3 Å². The van der Waals surface area contributed by atoms with Gasteiger partial charge >= 0.3 is 0 Å². The van der Waals surface area contributed by atoms with Crippen LogP contribution in [-0.2, 0) is 6.54 Å². The van der Waals surface area contributed by atoms with Gasteiger partial charge in [-0.1, -0.05) is 80.6 Å². The van der Waals surface area contributed by atoms with Crippen molar-refractivity contribution in [1.29, 1.82) is 0 Å². The van der Waals surface area contributed by atoms with Crippen LogP contribution in [0, 0.1) is 10.1 Å². The van der Waals surface area contributed by atoms with Crippen LogP contribution in [-0.4, -0.2) is 34.0 Å². The van der Waals surface area contributed by atoms with E-state index in [4.69, 9.17) is 4.99 Å². The minimum Gasteiger partial charge on any atom is -0.316 e. The summed E-state index contributed by atoms with van der Waals surface area (Å²) in [5, 5.41) is 13.6. The molecule has 0 atom stereocenters. The van der Waals surface area contributed by atoms with Crippen LogP contribution in [0.15, 0.2) is 89.2 Å². The quantitative estimate of drug-likeness (QED) is 0.184. The summed E-state index contributed by atoms with van der Waals surface area (Å²) in [7, 11) is 0. The number of nitro benzene ring substituents is 1. The molecule has 180 valence electrons. The van der Waals surface area contributed by atoms with Crippen molar-refractivity contribution < 1.29 is 4.92 Å². The third-order valence-electron chi connectivity index (χ3n) is 6.13. The van der Waals surface area contributed by atoms with Crippen LogP contribution >= 0.6 is 11.3 Å². The Balaban J connectivity index is 1.72. The van der Waals surface area contributed by atoms with E-state index in [1.165, 1.54) is 28.5 Å². The summed E-state index contributed by atoms with van der Waals surface area (Å²) in [6.45, 7) is 8.17. The molecule has 0 aliphatic carbocycles. The second-order valence-corrected chi connectivity index (χ2v) is 9.07. The number of benzene rings is 3. The van der Waals surface area contributed by atoms with Crippen LogP contribution in [0.25, 0.3) is 22.4 Å². The average Bonchev–Trinajstić information content (AvgIpc) is 3.29. The van der Waals surface area contributed by atoms with Crippen molar-refractivity contribution in [2.24, 2.45) is 4.99 Å². The molecule has 4 aromatic rings. The summed E-state index contributed by atoms with van der Waals surface area (Å²) >= 11 is 1.52. The van der Waals surface area contributed by atoms with Gasteiger partial charge in [0.1, 0.15) is 5.69 Å². The Kier molecular flexibility index (Phi) is 8.23. The smallest absolute Gasteiger partial charge is 0.294 e. The molecule has 1 heterocycles. The first-order valence-corrected chi connectivity index (χ1v) is 12.8. The van der Waals surface area contributed by atoms with Crippen LogP contribution in [0.3, 0.4) is 0 Å². The molecule has 4 rings (SSSR count). The Morgan fingerprint density at radius 2 is 1.51 bits per heavy atom. The summed E-state index contributed by atoms with van der Waals surface area (Å²) in [6, 6.07) is 25.5. The van der Waals surface area contributed by atoms with E-state index in [-0.39, 0.29) is 10.6 Å². The number of hydrogen-bond donors (Lipinski definition) is 0. The Morgan fingerprint density at radius 1 is 0.886 bits per heavy atom. The molecule has 0 amide bonds. The van der Waals surface area contributed by atoms with Gasteiger partial charge in [-0.15, -0.1) is 11.3 Å². The zero-order chi connectivity index (χ0) is 24.6. The first-order chi connectivity index (χ1) is 17.1. The van der Waals surface area contributed by atoms with Gasteiger partial charge in [0.2, 0.25) is 0 Å². The van der Waals surface area contributed by atoms with Crippen molar-refractivity contribution >= 4 is 22.7 Å². The number of nitrogens with zero attached hydrogens (tertiary/aromatic N) is 4. The molecule has 7 heteroatoms. The van der Waals surface area contributed by atoms with Crippen molar-refractivity contribution in [3.63, 3.8) is 0 Å². The van der Waals surface area contributed by atoms with Gasteiger partial charge in [0, 0.05) is 18.0 Å². The molecule has 0 saturated carbocycles. The van der Waals surface area contributed by atoms with Gasteiger partial charge < -0.3 is 9.47 Å². The minimum absolute atomic E-state index is 0.0179. The lowest BCUT2D eigenvalue weighted by Crippen LogP contribution is -2.26. The van der Waals surface area contributed by atoms with E-state index in [0.717, 1.165) is 48.7 Å². The highest BCUT2D eigenvalue weighted by Gasteiger charge is 2.14. The van der Waals surface area contributed by atoms with Crippen molar-refractivity contribution in [1.82, 2.24) is 9.47 Å². The van der Waals surface area contributed by atoms with Gasteiger partial charge in [-0.2, -0.15) is 0 Å². The lowest BCUT2D eigenvalue weighted by Gasteiger charge is -2.18. The molecule has 0 fully saturated rings. The summed E-state index contributed by atoms with van der Waals surface area (Å²) in [5.74, 6) is 0. The second-order valence-electron chi connectivity index (χ2n) is 8.24. The number of rotatable bonds is 10. The third kappa shape index (κ3) is 5.93. The molecule has 0 bridgehead atoms. The standard InChI is InChI=1S/C28H30N4O2S/c1-3-30(4-2)19-10-20-31-27(24-17-15-23(16-18-24)22-11-6-5-7-12-22)21-35-28(31)29-25-13-8-9-14-26(25)32(33)34/h5-9,11-18,21H,3-4,10,19-20H2,1-2H3. The average molecular weight is 487 g/mol. The minimum atomic E-state index is -0.375. The van der Waals surface area contributed by atoms with Gasteiger partial charge in [0.05, 0.1) is 10.6 Å². The van der Waals surface area contributed by atoms with E-state index in [2.05, 4.69) is 65.1 Å². The van der Waals surface area contributed by atoms with Crippen LogP contribution in [0.4, 0.5) is 11.4 Å². The van der Waals surface area contributed by atoms with Gasteiger partial charge in [-0.05, 0) is 48.8 Å². The van der Waals surface area contributed by atoms with Crippen LogP contribution in [0.2, 0.25) is 0 Å². The van der Waals surface area contributed by atoms with Crippen LogP contribution in [0.5, 0.6) is 0 Å². The van der Waals surface area contributed by atoms with Crippen LogP contribution < -0.4 is 4.80 Å². The molecule has 1 aromatic heterocycles. The maximum absolute atomic E-state index is 11.5. The van der Waals surface area contributed by atoms with E-state index in [1.807, 2.05) is 18.2 Å². The lowest BCUT2D eigenvalue weighted by atomic mass is 10.0. The van der Waals surface area contributed by atoms with E-state index in [0.29, 0.717) is 5.69 Å². The van der Waals surface area contributed by atoms with E-state index < -0.39 is 0 Å². The third-order valence-corrected chi connectivity index (χ3v) is 6.99. The van der Waals surface area contributed by atoms with Gasteiger partial charge in [-0.25, -0.2) is 4.99 Å². The molecule has 0 radical (unpaired) electrons. The fourth-order valence-electron chi connectivity index (χ4n) is 4.14. The Hall–Kier alpha value is -3.55. The summed E-state index contributed by atoms with van der Waals surface area (Å²) < 4.78 is 2.20. The number of aromatic nitrogens is 1. The fraction of sp³-hybridized carbons (Fsp3) is 0.250. The molecule has 0 saturated heterocycles. The van der Waals surface area contributed by atoms with Crippen molar-refractivity contribution in [3.8, 4) is 22.4 Å². The monoisotopic (exact) mass is 486 g/mol. The molecule has 0 aliphatic rings. The topological polar surface area (TPSA) is 63.7 Å². The molecule has 3 aromatic carbocycles. The summed E-state index contributed by atoms with van der Waals surface area (Å²) in [6.07, 6.45) is 0.970. The van der Waals surface area contributed by atoms with Gasteiger partial charge in [-0.3, -0.25) is 10.1 Å². The summed E-state index contributed by atoms with van der Waals surface area (Å²) in [4.78, 5) is 19.1. The Labute approximate surface area is 210 Å². The number of thiazole rings is 1. The normalized spacial score (nSPS) is 11.8. The number of para-hydroxylation sites is 2. The maximum Gasteiger partial charge on any atom is 0.294 e. The highest BCUT2D eigenvalue weighted by atomic mass is 32.1. The highest BCUT2D eigenvalue weighted by Crippen LogP contribution is 2.28. The molecule has 0 aliphatic heterocycles. The molecule has 0 unspecified atom stereocenters. The van der Waals surface area contributed by atoms with E-state index in [9.17, 15) is 10.1 Å². The van der Waals surface area contributed by atoms with Gasteiger partial charge in [0.15, 0.2) is 4.80 Å². The fourth-order valence-corrected chi connectivity index (χ4v) is 5.09. The Morgan fingerprint density at radius 3 is 2.20 bits per heavy atom. The van der Waals surface area contributed by atoms with Crippen molar-refractivity contribution in [3.05, 3.63) is 99.2 Å². The first-order valence-electron chi connectivity index (χ1n) is 12.0. The van der Waals surface area contributed by atoms with E-state index >= 15 is 0 Å². The van der Waals surface area contributed by atoms with Crippen molar-refractivity contribution in [2.45, 2.75) is 26.8 Å². The molecular formula is C28H30N4O2S. The molecule has 0 N–H and O–H groups in total. The maximum atomic E-state index is 11.5. The second kappa shape index (κ2) is 11.7. The summed E-state index contributed by atoms with van der Waals surface area (Å²) in [5.41, 5.74) is 4.93. The zero-order valence-corrected chi connectivity index (χ0v) is 20.9. The molecule has 35 heavy (non-hydrogen) atoms. The predicted molar refractivity (Wildman–Crippen MR) is 144 cm³/mol. The van der Waals surface area contributed by atoms with E-state index in [1.54, 1.807) is 18.2 Å². The van der Waals surface area contributed by atoms with Crippen molar-refractivity contribution in [2.75, 3.05) is 19.6 Å². The zero-order valence-electron chi connectivity index (χ0n) is 20.1. The largest absolute Gasteiger partial charge is 0.316 e. The first kappa shape index (κ1) is 24.6.